The molecule has 5 nitrogen and oxygen atoms in total. The first-order valence-electron chi connectivity index (χ1n) is 6.60. The van der Waals surface area contributed by atoms with Gasteiger partial charge >= 0.3 is 0 Å². The third kappa shape index (κ3) is 5.18. The van der Waals surface area contributed by atoms with Crippen molar-refractivity contribution in [3.05, 3.63) is 23.8 Å². The Morgan fingerprint density at radius 1 is 1.37 bits per heavy atom. The highest BCUT2D eigenvalue weighted by atomic mass is 16.5. The minimum atomic E-state index is -0.321. The highest BCUT2D eigenvalue weighted by Gasteiger charge is 2.11. The SMILES string of the molecule is CCCCOCCCNC(=O)c1cccc(N)c1O. The number of phenols is 1. The number of phenolic OH excluding ortho intramolecular Hbond substituents is 1. The molecule has 0 aliphatic rings. The largest absolute Gasteiger partial charge is 0.505 e. The van der Waals surface area contributed by atoms with Crippen LogP contribution >= 0.6 is 0 Å². The van der Waals surface area contributed by atoms with E-state index >= 15 is 0 Å². The lowest BCUT2D eigenvalue weighted by molar-refractivity contribution is 0.0938. The Morgan fingerprint density at radius 2 is 2.11 bits per heavy atom. The number of hydrogen-bond acceptors (Lipinski definition) is 4. The average Bonchev–Trinajstić information content (AvgIpc) is 2.40. The number of anilines is 1. The van der Waals surface area contributed by atoms with E-state index in [0.29, 0.717) is 13.2 Å². The lowest BCUT2D eigenvalue weighted by Crippen LogP contribution is -2.25. The number of para-hydroxylation sites is 1. The molecule has 1 amide bonds. The first kappa shape index (κ1) is 15.3. The maximum Gasteiger partial charge on any atom is 0.255 e. The molecule has 4 N–H and O–H groups in total. The molecule has 0 spiro atoms. The third-order valence-corrected chi connectivity index (χ3v) is 2.71. The Morgan fingerprint density at radius 3 is 2.84 bits per heavy atom. The molecule has 1 aromatic carbocycles. The number of benzene rings is 1. The smallest absolute Gasteiger partial charge is 0.255 e. The van der Waals surface area contributed by atoms with Gasteiger partial charge in [-0.2, -0.15) is 0 Å². The molecular formula is C14H22N2O3. The van der Waals surface area contributed by atoms with E-state index in [1.165, 1.54) is 0 Å². The first-order chi connectivity index (χ1) is 9.16. The predicted molar refractivity (Wildman–Crippen MR) is 75.2 cm³/mol. The summed E-state index contributed by atoms with van der Waals surface area (Å²) < 4.78 is 5.38. The van der Waals surface area contributed by atoms with Gasteiger partial charge in [-0.25, -0.2) is 0 Å². The summed E-state index contributed by atoms with van der Waals surface area (Å²) in [5.41, 5.74) is 5.94. The monoisotopic (exact) mass is 266 g/mol. The molecule has 106 valence electrons. The highest BCUT2D eigenvalue weighted by molar-refractivity contribution is 5.98. The van der Waals surface area contributed by atoms with Crippen LogP contribution in [0.25, 0.3) is 0 Å². The van der Waals surface area contributed by atoms with Gasteiger partial charge in [0.05, 0.1) is 11.3 Å². The van der Waals surface area contributed by atoms with Crippen LogP contribution in [-0.2, 0) is 4.74 Å². The van der Waals surface area contributed by atoms with Crippen LogP contribution in [0.2, 0.25) is 0 Å². The summed E-state index contributed by atoms with van der Waals surface area (Å²) in [5.74, 6) is -0.488. The van der Waals surface area contributed by atoms with Crippen LogP contribution in [0.4, 0.5) is 5.69 Å². The molecule has 0 radical (unpaired) electrons. The van der Waals surface area contributed by atoms with Crippen LogP contribution in [0.3, 0.4) is 0 Å². The van der Waals surface area contributed by atoms with Gasteiger partial charge in [0, 0.05) is 19.8 Å². The van der Waals surface area contributed by atoms with E-state index in [4.69, 9.17) is 10.5 Å². The fourth-order valence-corrected chi connectivity index (χ4v) is 1.56. The normalized spacial score (nSPS) is 10.4. The first-order valence-corrected chi connectivity index (χ1v) is 6.60. The number of nitrogens with one attached hydrogen (secondary N) is 1. The Bertz CT molecular complexity index is 408. The summed E-state index contributed by atoms with van der Waals surface area (Å²) in [6, 6.07) is 4.73. The molecule has 0 heterocycles. The molecular weight excluding hydrogens is 244 g/mol. The van der Waals surface area contributed by atoms with Gasteiger partial charge in [-0.15, -0.1) is 0 Å². The Balaban J connectivity index is 2.26. The molecule has 0 aliphatic heterocycles. The molecule has 5 heteroatoms. The molecule has 0 fully saturated rings. The lowest BCUT2D eigenvalue weighted by Gasteiger charge is -2.08. The van der Waals surface area contributed by atoms with Gasteiger partial charge in [0.1, 0.15) is 0 Å². The van der Waals surface area contributed by atoms with Gasteiger partial charge in [0.25, 0.3) is 5.91 Å². The van der Waals surface area contributed by atoms with Gasteiger partial charge in [0.15, 0.2) is 5.75 Å². The molecule has 1 aromatic rings. The maximum absolute atomic E-state index is 11.8. The van der Waals surface area contributed by atoms with Crippen molar-refractivity contribution in [2.75, 3.05) is 25.5 Å². The van der Waals surface area contributed by atoms with E-state index in [0.717, 1.165) is 25.9 Å². The topological polar surface area (TPSA) is 84.6 Å². The summed E-state index contributed by atoms with van der Waals surface area (Å²) in [7, 11) is 0. The van der Waals surface area contributed by atoms with E-state index < -0.39 is 0 Å². The van der Waals surface area contributed by atoms with Gasteiger partial charge in [-0.05, 0) is 25.0 Å². The Hall–Kier alpha value is -1.75. The van der Waals surface area contributed by atoms with Gasteiger partial charge in [-0.1, -0.05) is 19.4 Å². The number of aromatic hydroxyl groups is 1. The standard InChI is InChI=1S/C14H22N2O3/c1-2-3-9-19-10-5-8-16-14(18)11-6-4-7-12(15)13(11)17/h4,6-7,17H,2-3,5,8-10,15H2,1H3,(H,16,18). The predicted octanol–water partition coefficient (Wildman–Crippen LogP) is 1.91. The second kappa shape index (κ2) is 8.37. The molecule has 0 aromatic heterocycles. The number of nitrogens with two attached hydrogens (primary N) is 1. The average molecular weight is 266 g/mol. The second-order valence-corrected chi connectivity index (χ2v) is 4.32. The minimum Gasteiger partial charge on any atom is -0.505 e. The molecule has 0 aliphatic carbocycles. The van der Waals surface area contributed by atoms with Crippen LogP contribution in [0.15, 0.2) is 18.2 Å². The quantitative estimate of drug-likeness (QED) is 0.381. The van der Waals surface area contributed by atoms with Crippen LogP contribution < -0.4 is 11.1 Å². The van der Waals surface area contributed by atoms with E-state index in [1.807, 2.05) is 0 Å². The number of nitrogen functional groups attached to an aromatic ring is 1. The Labute approximate surface area is 113 Å². The number of carbonyl (C=O) groups is 1. The fraction of sp³-hybridized carbons (Fsp3) is 0.500. The van der Waals surface area contributed by atoms with Crippen molar-refractivity contribution in [3.8, 4) is 5.75 Å². The second-order valence-electron chi connectivity index (χ2n) is 4.32. The van der Waals surface area contributed by atoms with E-state index in [9.17, 15) is 9.90 Å². The molecule has 0 saturated carbocycles. The molecule has 1 rings (SSSR count). The number of unbranched alkanes of at least 4 members (excludes halogenated alkanes) is 1. The summed E-state index contributed by atoms with van der Waals surface area (Å²) >= 11 is 0. The van der Waals surface area contributed by atoms with Crippen LogP contribution in [-0.4, -0.2) is 30.8 Å². The van der Waals surface area contributed by atoms with Crippen molar-refractivity contribution in [1.29, 1.82) is 0 Å². The molecule has 0 bridgehead atoms. The number of hydrogen-bond donors (Lipinski definition) is 3. The zero-order valence-electron chi connectivity index (χ0n) is 11.3. The van der Waals surface area contributed by atoms with Crippen molar-refractivity contribution >= 4 is 11.6 Å². The zero-order chi connectivity index (χ0) is 14.1. The van der Waals surface area contributed by atoms with Gasteiger partial charge in [0.2, 0.25) is 0 Å². The summed E-state index contributed by atoms with van der Waals surface area (Å²) in [6.45, 7) is 4.02. The van der Waals surface area contributed by atoms with Crippen LogP contribution in [0.1, 0.15) is 36.5 Å². The van der Waals surface area contributed by atoms with E-state index in [-0.39, 0.29) is 22.9 Å². The van der Waals surface area contributed by atoms with Crippen molar-refractivity contribution in [2.45, 2.75) is 26.2 Å². The number of ether oxygens (including phenoxy) is 1. The highest BCUT2D eigenvalue weighted by Crippen LogP contribution is 2.23. The fourth-order valence-electron chi connectivity index (χ4n) is 1.56. The molecule has 0 saturated heterocycles. The molecule has 0 unspecified atom stereocenters. The Kier molecular flexibility index (Phi) is 6.74. The maximum atomic E-state index is 11.8. The summed E-state index contributed by atoms with van der Waals surface area (Å²) in [6.07, 6.45) is 2.92. The van der Waals surface area contributed by atoms with Crippen LogP contribution in [0.5, 0.6) is 5.75 Å². The van der Waals surface area contributed by atoms with Gasteiger partial charge in [-0.3, -0.25) is 4.79 Å². The lowest BCUT2D eigenvalue weighted by atomic mass is 10.1. The van der Waals surface area contributed by atoms with Crippen molar-refractivity contribution in [2.24, 2.45) is 0 Å². The van der Waals surface area contributed by atoms with Crippen molar-refractivity contribution in [1.82, 2.24) is 5.32 Å². The number of carbonyl (C=O) groups excluding carboxylic acids is 1. The minimum absolute atomic E-state index is 0.167. The van der Waals surface area contributed by atoms with Crippen LogP contribution in [0, 0.1) is 0 Å². The summed E-state index contributed by atoms with van der Waals surface area (Å²) in [4.78, 5) is 11.8. The zero-order valence-corrected chi connectivity index (χ0v) is 11.3. The van der Waals surface area contributed by atoms with E-state index in [1.54, 1.807) is 18.2 Å². The van der Waals surface area contributed by atoms with Crippen molar-refractivity contribution in [3.63, 3.8) is 0 Å². The molecule has 19 heavy (non-hydrogen) atoms. The van der Waals surface area contributed by atoms with Gasteiger partial charge < -0.3 is 20.9 Å². The van der Waals surface area contributed by atoms with E-state index in [2.05, 4.69) is 12.2 Å². The number of amides is 1. The third-order valence-electron chi connectivity index (χ3n) is 2.71. The molecule has 0 atom stereocenters. The number of rotatable bonds is 8. The van der Waals surface area contributed by atoms with Crippen molar-refractivity contribution < 1.29 is 14.6 Å². The summed E-state index contributed by atoms with van der Waals surface area (Å²) in [5, 5.41) is 12.4.